The van der Waals surface area contributed by atoms with Gasteiger partial charge in [-0.2, -0.15) is 0 Å². The van der Waals surface area contributed by atoms with Crippen LogP contribution in [0.4, 0.5) is 0 Å². The van der Waals surface area contributed by atoms with Gasteiger partial charge in [-0.05, 0) is 62.7 Å². The molecule has 4 rings (SSSR count). The number of methoxy groups -OCH3 is 1. The van der Waals surface area contributed by atoms with Crippen LogP contribution in [-0.4, -0.2) is 75.9 Å². The second-order valence-corrected chi connectivity index (χ2v) is 10.1. The first kappa shape index (κ1) is 29.1. The minimum Gasteiger partial charge on any atom is -0.505 e. The smallest absolute Gasteiger partial charge is 0.295 e. The van der Waals surface area contributed by atoms with Crippen molar-refractivity contribution in [1.82, 2.24) is 19.2 Å². The van der Waals surface area contributed by atoms with Gasteiger partial charge in [0.1, 0.15) is 11.3 Å². The number of Topliss-reactive ketones (excluding diaryl/α,β-unsaturated/α-hetero) is 1. The lowest BCUT2D eigenvalue weighted by Crippen LogP contribution is -2.38. The molecule has 0 bridgehead atoms. The van der Waals surface area contributed by atoms with E-state index in [9.17, 15) is 14.7 Å². The summed E-state index contributed by atoms with van der Waals surface area (Å²) in [4.78, 5) is 35.5. The zero-order chi connectivity index (χ0) is 29.0. The number of aryl methyl sites for hydroxylation is 2. The number of benzene rings is 1. The number of imidazole rings is 1. The summed E-state index contributed by atoms with van der Waals surface area (Å²) >= 11 is 0. The number of hydrogen-bond donors (Lipinski definition) is 1. The number of likely N-dealkylation sites (tertiary alicyclic amines) is 1. The molecule has 1 N–H and O–H groups in total. The number of carbonyl (C=O) groups excluding carboxylic acids is 2. The lowest BCUT2D eigenvalue weighted by molar-refractivity contribution is -0.140. The highest BCUT2D eigenvalue weighted by atomic mass is 16.5. The van der Waals surface area contributed by atoms with Crippen molar-refractivity contribution < 1.29 is 24.2 Å². The van der Waals surface area contributed by atoms with Gasteiger partial charge in [-0.3, -0.25) is 9.59 Å². The molecular formula is C31H40N4O5. The van der Waals surface area contributed by atoms with Crippen LogP contribution >= 0.6 is 0 Å². The van der Waals surface area contributed by atoms with E-state index < -0.39 is 17.7 Å². The number of amides is 1. The molecule has 40 heavy (non-hydrogen) atoms. The number of hydrogen-bond acceptors (Lipinski definition) is 7. The molecule has 1 aliphatic rings. The Morgan fingerprint density at radius 2 is 1.85 bits per heavy atom. The third-order valence-electron chi connectivity index (χ3n) is 7.66. The van der Waals surface area contributed by atoms with Crippen LogP contribution in [0.1, 0.15) is 62.2 Å². The Bertz CT molecular complexity index is 1420. The maximum atomic E-state index is 13.6. The van der Waals surface area contributed by atoms with Crippen LogP contribution < -0.4 is 9.47 Å². The molecule has 9 heteroatoms. The van der Waals surface area contributed by atoms with Gasteiger partial charge in [-0.15, -0.1) is 0 Å². The van der Waals surface area contributed by atoms with Gasteiger partial charge in [0.2, 0.25) is 0 Å². The molecule has 0 saturated carbocycles. The minimum absolute atomic E-state index is 0.0235. The van der Waals surface area contributed by atoms with Crippen molar-refractivity contribution in [3.63, 3.8) is 0 Å². The number of aliphatic hydroxyl groups is 1. The van der Waals surface area contributed by atoms with Crippen molar-refractivity contribution in [3.05, 3.63) is 64.6 Å². The molecular weight excluding hydrogens is 508 g/mol. The minimum atomic E-state index is -0.806. The first-order valence-electron chi connectivity index (χ1n) is 14.0. The van der Waals surface area contributed by atoms with Gasteiger partial charge in [0, 0.05) is 19.3 Å². The number of aromatic nitrogens is 2. The zero-order valence-electron chi connectivity index (χ0n) is 24.4. The van der Waals surface area contributed by atoms with E-state index in [1.807, 2.05) is 42.6 Å². The molecule has 0 aliphatic carbocycles. The fraction of sp³-hybridized carbons (Fsp3) is 0.452. The predicted octanol–water partition coefficient (Wildman–Crippen LogP) is 4.90. The molecule has 1 aliphatic heterocycles. The fourth-order valence-electron chi connectivity index (χ4n) is 5.22. The number of likely N-dealkylation sites (N-methyl/N-ethyl adjacent to an activating group) is 1. The molecule has 1 fully saturated rings. The number of unbranched alkanes of at least 4 members (excludes halogenated alkanes) is 1. The maximum Gasteiger partial charge on any atom is 0.295 e. The van der Waals surface area contributed by atoms with Crippen LogP contribution in [0.5, 0.6) is 11.5 Å². The van der Waals surface area contributed by atoms with Crippen LogP contribution in [0, 0.1) is 13.8 Å². The van der Waals surface area contributed by atoms with E-state index in [1.165, 1.54) is 0 Å². The normalized spacial score (nSPS) is 16.9. The summed E-state index contributed by atoms with van der Waals surface area (Å²) in [6, 6.07) is 8.46. The Morgan fingerprint density at radius 3 is 2.50 bits per heavy atom. The number of ketones is 1. The van der Waals surface area contributed by atoms with Crippen molar-refractivity contribution in [2.45, 2.75) is 53.5 Å². The molecule has 1 aromatic carbocycles. The molecule has 0 spiro atoms. The number of fused-ring (bicyclic) bond motifs is 1. The first-order valence-corrected chi connectivity index (χ1v) is 14.0. The Kier molecular flexibility index (Phi) is 9.14. The molecule has 0 radical (unpaired) electrons. The van der Waals surface area contributed by atoms with Gasteiger partial charge < -0.3 is 28.8 Å². The van der Waals surface area contributed by atoms with Crippen molar-refractivity contribution in [2.75, 3.05) is 39.9 Å². The fourth-order valence-corrected chi connectivity index (χ4v) is 5.22. The summed E-state index contributed by atoms with van der Waals surface area (Å²) < 4.78 is 13.4. The third kappa shape index (κ3) is 5.43. The summed E-state index contributed by atoms with van der Waals surface area (Å²) in [6.07, 6.45) is 3.78. The zero-order valence-corrected chi connectivity index (χ0v) is 24.4. The van der Waals surface area contributed by atoms with E-state index in [-0.39, 0.29) is 17.0 Å². The standard InChI is InChI=1S/C31H40N4O5/c1-7-10-18-40-23-14-13-22(19-24(23)39-6)27-25(29(37)31(38)35(27)17-16-33(8-2)9-3)28(36)26-21(5)34-15-11-12-20(4)30(34)32-26/h11-15,19,27,36H,7-10,16-18H2,1-6H3/b28-25+. The van der Waals surface area contributed by atoms with Gasteiger partial charge in [0.05, 0.1) is 31.0 Å². The molecule has 9 nitrogen and oxygen atoms in total. The van der Waals surface area contributed by atoms with Crippen LogP contribution in [0.2, 0.25) is 0 Å². The predicted molar refractivity (Wildman–Crippen MR) is 155 cm³/mol. The average molecular weight is 549 g/mol. The van der Waals surface area contributed by atoms with E-state index in [0.29, 0.717) is 48.1 Å². The average Bonchev–Trinajstić information content (AvgIpc) is 3.43. The summed E-state index contributed by atoms with van der Waals surface area (Å²) in [7, 11) is 1.56. The SMILES string of the molecule is CCCCOc1ccc(C2/C(=C(\O)c3nc4c(C)cccn4c3C)C(=O)C(=O)N2CCN(CC)CC)cc1OC. The summed E-state index contributed by atoms with van der Waals surface area (Å²) in [6.45, 7) is 13.1. The number of aliphatic hydroxyl groups excluding tert-OH is 1. The van der Waals surface area contributed by atoms with Crippen LogP contribution in [-0.2, 0) is 9.59 Å². The number of ether oxygens (including phenoxy) is 2. The highest BCUT2D eigenvalue weighted by Crippen LogP contribution is 2.42. The third-order valence-corrected chi connectivity index (χ3v) is 7.66. The second kappa shape index (κ2) is 12.6. The van der Waals surface area contributed by atoms with Crippen molar-refractivity contribution in [2.24, 2.45) is 0 Å². The molecule has 214 valence electrons. The van der Waals surface area contributed by atoms with Gasteiger partial charge in [0.25, 0.3) is 11.7 Å². The summed E-state index contributed by atoms with van der Waals surface area (Å²) in [5.41, 5.74) is 3.26. The number of carbonyl (C=O) groups is 2. The van der Waals surface area contributed by atoms with Crippen molar-refractivity contribution >= 4 is 23.1 Å². The Balaban J connectivity index is 1.86. The van der Waals surface area contributed by atoms with Crippen LogP contribution in [0.15, 0.2) is 42.1 Å². The number of rotatable bonds is 12. The van der Waals surface area contributed by atoms with E-state index in [2.05, 4.69) is 30.7 Å². The molecule has 1 amide bonds. The molecule has 2 aromatic heterocycles. The summed E-state index contributed by atoms with van der Waals surface area (Å²) in [5.74, 6) is -0.554. The van der Waals surface area contributed by atoms with Crippen molar-refractivity contribution in [1.29, 1.82) is 0 Å². The molecule has 3 heterocycles. The van der Waals surface area contributed by atoms with Gasteiger partial charge >= 0.3 is 0 Å². The topological polar surface area (TPSA) is 96.6 Å². The number of pyridine rings is 1. The van der Waals surface area contributed by atoms with Crippen molar-refractivity contribution in [3.8, 4) is 11.5 Å². The van der Waals surface area contributed by atoms with Crippen LogP contribution in [0.3, 0.4) is 0 Å². The lowest BCUT2D eigenvalue weighted by Gasteiger charge is -2.28. The Labute approximate surface area is 236 Å². The van der Waals surface area contributed by atoms with E-state index in [0.717, 1.165) is 31.5 Å². The largest absolute Gasteiger partial charge is 0.505 e. The Hall–Kier alpha value is -3.85. The van der Waals surface area contributed by atoms with Gasteiger partial charge in [0.15, 0.2) is 17.3 Å². The quantitative estimate of drug-likeness (QED) is 0.149. The lowest BCUT2D eigenvalue weighted by atomic mass is 9.96. The number of nitrogens with zero attached hydrogens (tertiary/aromatic N) is 4. The molecule has 1 atom stereocenters. The summed E-state index contributed by atoms with van der Waals surface area (Å²) in [5, 5.41) is 11.7. The molecule has 1 saturated heterocycles. The van der Waals surface area contributed by atoms with E-state index in [4.69, 9.17) is 9.47 Å². The van der Waals surface area contributed by atoms with E-state index in [1.54, 1.807) is 24.1 Å². The maximum absolute atomic E-state index is 13.6. The van der Waals surface area contributed by atoms with Crippen LogP contribution in [0.25, 0.3) is 11.4 Å². The second-order valence-electron chi connectivity index (χ2n) is 10.1. The Morgan fingerprint density at radius 1 is 1.10 bits per heavy atom. The molecule has 3 aromatic rings. The first-order chi connectivity index (χ1) is 19.3. The van der Waals surface area contributed by atoms with Gasteiger partial charge in [-0.25, -0.2) is 4.98 Å². The highest BCUT2D eigenvalue weighted by molar-refractivity contribution is 6.46. The monoisotopic (exact) mass is 548 g/mol. The molecule has 1 unspecified atom stereocenters. The highest BCUT2D eigenvalue weighted by Gasteiger charge is 2.46. The van der Waals surface area contributed by atoms with Gasteiger partial charge in [-0.1, -0.05) is 39.3 Å². The van der Waals surface area contributed by atoms with E-state index >= 15 is 0 Å².